The topological polar surface area (TPSA) is 55.8 Å². The molecule has 2 aliphatic heterocycles. The number of carbonyl (C=O) groups is 2. The largest absolute Gasteiger partial charge is 0.467 e. The van der Waals surface area contributed by atoms with Crippen molar-refractivity contribution < 1.29 is 19.1 Å². The molecule has 2 fully saturated rings. The highest BCUT2D eigenvalue weighted by Crippen LogP contribution is 2.58. The summed E-state index contributed by atoms with van der Waals surface area (Å²) in [6.07, 6.45) is 3.95. The summed E-state index contributed by atoms with van der Waals surface area (Å²) in [6, 6.07) is 7.86. The van der Waals surface area contributed by atoms with Crippen LogP contribution in [0.5, 0.6) is 5.75 Å². The molecule has 2 heterocycles. The third-order valence-electron chi connectivity index (χ3n) is 6.08. The Bertz CT molecular complexity index is 703. The Hall–Kier alpha value is -2.04. The zero-order valence-corrected chi connectivity index (χ0v) is 14.9. The van der Waals surface area contributed by atoms with Gasteiger partial charge in [-0.25, -0.2) is 0 Å². The number of rotatable bonds is 3. The van der Waals surface area contributed by atoms with E-state index in [2.05, 4.69) is 0 Å². The Labute approximate surface area is 148 Å². The van der Waals surface area contributed by atoms with Crippen molar-refractivity contribution in [3.05, 3.63) is 29.8 Å². The molecule has 0 spiro atoms. The van der Waals surface area contributed by atoms with Crippen LogP contribution in [-0.4, -0.2) is 35.7 Å². The van der Waals surface area contributed by atoms with Crippen LogP contribution >= 0.6 is 0 Å². The molecule has 3 aliphatic rings. The lowest BCUT2D eigenvalue weighted by atomic mass is 9.61. The molecule has 25 heavy (non-hydrogen) atoms. The summed E-state index contributed by atoms with van der Waals surface area (Å²) < 4.78 is 11.8. The number of amides is 1. The van der Waals surface area contributed by atoms with Crippen LogP contribution in [0.3, 0.4) is 0 Å². The zero-order chi connectivity index (χ0) is 17.6. The molecule has 0 N–H and O–H groups in total. The summed E-state index contributed by atoms with van der Waals surface area (Å²) in [7, 11) is 0. The minimum Gasteiger partial charge on any atom is -0.467 e. The van der Waals surface area contributed by atoms with Gasteiger partial charge in [-0.15, -0.1) is 0 Å². The van der Waals surface area contributed by atoms with Gasteiger partial charge in [-0.1, -0.05) is 24.6 Å². The summed E-state index contributed by atoms with van der Waals surface area (Å²) in [5.74, 6) is -0.500. The molecular formula is C20H25NO4. The second-order valence-electron chi connectivity index (χ2n) is 7.17. The Morgan fingerprint density at radius 2 is 2.12 bits per heavy atom. The number of carbonyl (C=O) groups excluding carboxylic acids is 2. The molecule has 5 nitrogen and oxygen atoms in total. The van der Waals surface area contributed by atoms with Crippen LogP contribution in [0.4, 0.5) is 0 Å². The molecular weight excluding hydrogens is 318 g/mol. The Morgan fingerprint density at radius 3 is 2.88 bits per heavy atom. The zero-order valence-electron chi connectivity index (χ0n) is 14.9. The maximum absolute atomic E-state index is 13.3. The van der Waals surface area contributed by atoms with Gasteiger partial charge in [-0.2, -0.15) is 0 Å². The van der Waals surface area contributed by atoms with E-state index in [-0.39, 0.29) is 24.3 Å². The van der Waals surface area contributed by atoms with Gasteiger partial charge < -0.3 is 14.4 Å². The monoisotopic (exact) mass is 343 g/mol. The molecule has 4 rings (SSSR count). The van der Waals surface area contributed by atoms with Crippen molar-refractivity contribution in [3.63, 3.8) is 0 Å². The highest BCUT2D eigenvalue weighted by Gasteiger charge is 2.64. The second kappa shape index (κ2) is 6.04. The first-order valence-corrected chi connectivity index (χ1v) is 9.40. The number of esters is 1. The van der Waals surface area contributed by atoms with Crippen molar-refractivity contribution in [1.29, 1.82) is 0 Å². The summed E-state index contributed by atoms with van der Waals surface area (Å²) in [5.41, 5.74) is 0.374. The van der Waals surface area contributed by atoms with Crippen molar-refractivity contribution in [1.82, 2.24) is 4.90 Å². The van der Waals surface area contributed by atoms with Gasteiger partial charge in [0, 0.05) is 24.8 Å². The Morgan fingerprint density at radius 1 is 1.32 bits per heavy atom. The maximum atomic E-state index is 13.3. The number of para-hydroxylation sites is 1. The van der Waals surface area contributed by atoms with E-state index < -0.39 is 17.6 Å². The van der Waals surface area contributed by atoms with Crippen LogP contribution in [0.2, 0.25) is 0 Å². The second-order valence-corrected chi connectivity index (χ2v) is 7.17. The average Bonchev–Trinajstić information content (AvgIpc) is 2.61. The first-order valence-electron chi connectivity index (χ1n) is 9.40. The number of hydrogen-bond acceptors (Lipinski definition) is 4. The number of piperidine rings is 1. The van der Waals surface area contributed by atoms with E-state index in [0.29, 0.717) is 6.54 Å². The summed E-state index contributed by atoms with van der Waals surface area (Å²) in [5, 5.41) is 0. The fraction of sp³-hybridized carbons (Fsp3) is 0.600. The van der Waals surface area contributed by atoms with Crippen molar-refractivity contribution >= 4 is 11.9 Å². The number of fused-ring (bicyclic) bond motifs is 2. The van der Waals surface area contributed by atoms with Crippen LogP contribution in [0.1, 0.15) is 51.0 Å². The molecule has 0 aromatic heterocycles. The summed E-state index contributed by atoms with van der Waals surface area (Å²) in [6.45, 7) is 4.58. The van der Waals surface area contributed by atoms with Crippen LogP contribution in [0.15, 0.2) is 24.3 Å². The standard InChI is InChI=1S/C20H25NO4/c1-3-21-18(22)17(19(23)24-4-2)16-13-9-5-6-11-15(13)25-20(21)12-8-7-10-14(16)20/h5-6,9,11,14,16-17H,3-4,7-8,10,12H2,1-2H3/t14-,16+,17+,20+/m0/s1. The van der Waals surface area contributed by atoms with Crippen LogP contribution in [-0.2, 0) is 14.3 Å². The number of nitrogens with zero attached hydrogens (tertiary/aromatic N) is 1. The van der Waals surface area contributed by atoms with Gasteiger partial charge in [-0.3, -0.25) is 9.59 Å². The Kier molecular flexibility index (Phi) is 3.97. The molecule has 1 aromatic rings. The number of hydrogen-bond donors (Lipinski definition) is 0. The molecule has 1 aliphatic carbocycles. The van der Waals surface area contributed by atoms with E-state index >= 15 is 0 Å². The fourth-order valence-electron chi connectivity index (χ4n) is 5.21. The van der Waals surface area contributed by atoms with Gasteiger partial charge in [0.2, 0.25) is 5.91 Å². The normalized spacial score (nSPS) is 33.1. The number of likely N-dealkylation sites (tertiary alicyclic amines) is 1. The number of ether oxygens (including phenoxy) is 2. The molecule has 2 bridgehead atoms. The van der Waals surface area contributed by atoms with Crippen molar-refractivity contribution in [2.75, 3.05) is 13.2 Å². The molecule has 5 heteroatoms. The first-order chi connectivity index (χ1) is 12.1. The molecule has 0 radical (unpaired) electrons. The highest BCUT2D eigenvalue weighted by atomic mass is 16.5. The average molecular weight is 343 g/mol. The molecule has 4 atom stereocenters. The van der Waals surface area contributed by atoms with Gasteiger partial charge in [0.1, 0.15) is 11.7 Å². The van der Waals surface area contributed by atoms with Gasteiger partial charge in [0.15, 0.2) is 5.72 Å². The predicted octanol–water partition coefficient (Wildman–Crippen LogP) is 3.09. The van der Waals surface area contributed by atoms with Gasteiger partial charge >= 0.3 is 5.97 Å². The minimum absolute atomic E-state index is 0.140. The third kappa shape index (κ3) is 2.21. The lowest BCUT2D eigenvalue weighted by Crippen LogP contribution is -2.70. The predicted molar refractivity (Wildman–Crippen MR) is 92.0 cm³/mol. The van der Waals surface area contributed by atoms with E-state index in [0.717, 1.165) is 37.0 Å². The molecule has 0 unspecified atom stereocenters. The molecule has 1 aromatic carbocycles. The van der Waals surface area contributed by atoms with Crippen molar-refractivity contribution in [3.8, 4) is 5.75 Å². The van der Waals surface area contributed by atoms with Crippen LogP contribution in [0.25, 0.3) is 0 Å². The van der Waals surface area contributed by atoms with E-state index in [9.17, 15) is 9.59 Å². The minimum atomic E-state index is -0.763. The van der Waals surface area contributed by atoms with Crippen molar-refractivity contribution in [2.24, 2.45) is 11.8 Å². The lowest BCUT2D eigenvalue weighted by molar-refractivity contribution is -0.210. The fourth-order valence-corrected chi connectivity index (χ4v) is 5.21. The Balaban J connectivity index is 1.90. The van der Waals surface area contributed by atoms with Gasteiger partial charge in [0.05, 0.1) is 6.61 Å². The van der Waals surface area contributed by atoms with E-state index in [1.54, 1.807) is 6.92 Å². The maximum Gasteiger partial charge on any atom is 0.319 e. The molecule has 134 valence electrons. The SMILES string of the molecule is CCOC(=O)[C@H]1C(=O)N(CC)[C@@]23CCCC[C@H]2[C@H]1c1ccccc1O3. The van der Waals surface area contributed by atoms with Gasteiger partial charge in [0.25, 0.3) is 0 Å². The molecule has 1 saturated carbocycles. The first kappa shape index (κ1) is 16.4. The molecule has 1 amide bonds. The van der Waals surface area contributed by atoms with E-state index in [1.807, 2.05) is 36.1 Å². The van der Waals surface area contributed by atoms with Crippen LogP contribution < -0.4 is 4.74 Å². The van der Waals surface area contributed by atoms with E-state index in [1.165, 1.54) is 0 Å². The van der Waals surface area contributed by atoms with Crippen LogP contribution in [0, 0.1) is 11.8 Å². The summed E-state index contributed by atoms with van der Waals surface area (Å²) in [4.78, 5) is 27.8. The highest BCUT2D eigenvalue weighted by molar-refractivity contribution is 6.00. The van der Waals surface area contributed by atoms with Gasteiger partial charge in [-0.05, 0) is 38.3 Å². The molecule has 1 saturated heterocycles. The number of benzene rings is 1. The quantitative estimate of drug-likeness (QED) is 0.625. The van der Waals surface area contributed by atoms with E-state index in [4.69, 9.17) is 9.47 Å². The van der Waals surface area contributed by atoms with Crippen molar-refractivity contribution in [2.45, 2.75) is 51.2 Å². The smallest absolute Gasteiger partial charge is 0.319 e. The third-order valence-corrected chi connectivity index (χ3v) is 6.08. The summed E-state index contributed by atoms with van der Waals surface area (Å²) >= 11 is 0. The lowest BCUT2D eigenvalue weighted by Gasteiger charge is -2.60.